The number of methoxy groups -OCH3 is 1. The summed E-state index contributed by atoms with van der Waals surface area (Å²) in [6.07, 6.45) is 0.754. The minimum absolute atomic E-state index is 0.00429. The van der Waals surface area contributed by atoms with Crippen LogP contribution >= 0.6 is 7.52 Å². The molecule has 1 unspecified atom stereocenters. The molecule has 0 aliphatic rings. The third-order valence-corrected chi connectivity index (χ3v) is 9.96. The molecule has 59 heavy (non-hydrogen) atoms. The Morgan fingerprint density at radius 3 is 2.22 bits per heavy atom. The molecule has 2 aromatic carbocycles. The van der Waals surface area contributed by atoms with Gasteiger partial charge in [0.25, 0.3) is 0 Å². The van der Waals surface area contributed by atoms with E-state index in [2.05, 4.69) is 25.4 Å². The van der Waals surface area contributed by atoms with Crippen LogP contribution in [0.1, 0.15) is 38.8 Å². The molecule has 19 nitrogen and oxygen atoms in total. The summed E-state index contributed by atoms with van der Waals surface area (Å²) in [6, 6.07) is 13.3. The van der Waals surface area contributed by atoms with Gasteiger partial charge >= 0.3 is 25.6 Å². The molecule has 0 aliphatic carbocycles. The minimum atomic E-state index is -3.95. The SMILES string of the molecule is COCCOCCOCCOC(=O)[C@H](Cc1ccc(OP(=O)(CO[C@H](C)Cn2cnc3c(N)ncnc32)N[C@@H](C)C(=O)OC(C)C)cc1)NC(=O)OCc1ccccc1. The van der Waals surface area contributed by atoms with Crippen LogP contribution in [0.25, 0.3) is 11.2 Å². The van der Waals surface area contributed by atoms with Gasteiger partial charge in [0.15, 0.2) is 11.5 Å². The highest BCUT2D eigenvalue weighted by molar-refractivity contribution is 7.57. The van der Waals surface area contributed by atoms with Crippen molar-refractivity contribution in [3.8, 4) is 5.75 Å². The summed E-state index contributed by atoms with van der Waals surface area (Å²) in [5.74, 6) is -0.914. The average Bonchev–Trinajstić information content (AvgIpc) is 3.62. The number of imidazole rings is 1. The quantitative estimate of drug-likeness (QED) is 0.0350. The van der Waals surface area contributed by atoms with E-state index in [-0.39, 0.29) is 44.4 Å². The van der Waals surface area contributed by atoms with Crippen LogP contribution < -0.4 is 20.7 Å². The molecule has 0 saturated heterocycles. The number of nitrogens with one attached hydrogen (secondary N) is 2. The topological polar surface area (TPSA) is 236 Å². The summed E-state index contributed by atoms with van der Waals surface area (Å²) < 4.78 is 59.9. The van der Waals surface area contributed by atoms with E-state index in [4.69, 9.17) is 43.4 Å². The molecule has 0 fully saturated rings. The number of benzene rings is 2. The number of rotatable bonds is 26. The summed E-state index contributed by atoms with van der Waals surface area (Å²) in [5, 5.41) is 5.38. The smallest absolute Gasteiger partial charge is 0.408 e. The Kier molecular flexibility index (Phi) is 19.0. The van der Waals surface area contributed by atoms with Crippen molar-refractivity contribution < 1.29 is 56.6 Å². The predicted octanol–water partition coefficient (Wildman–Crippen LogP) is 4.03. The number of hydrogen-bond acceptors (Lipinski definition) is 16. The van der Waals surface area contributed by atoms with E-state index < -0.39 is 56.2 Å². The molecule has 1 amide bonds. The number of ether oxygens (including phenoxy) is 7. The van der Waals surface area contributed by atoms with Crippen LogP contribution in [0.2, 0.25) is 0 Å². The first kappa shape index (κ1) is 46.5. The molecule has 4 rings (SSSR count). The highest BCUT2D eigenvalue weighted by Gasteiger charge is 2.32. The highest BCUT2D eigenvalue weighted by atomic mass is 31.2. The molecule has 0 saturated carbocycles. The minimum Gasteiger partial charge on any atom is -0.462 e. The van der Waals surface area contributed by atoms with Gasteiger partial charge in [0.05, 0.1) is 58.1 Å². The van der Waals surface area contributed by atoms with Crippen LogP contribution in [-0.4, -0.2) is 115 Å². The molecule has 2 aromatic heterocycles. The molecule has 20 heteroatoms. The Labute approximate surface area is 343 Å². The van der Waals surface area contributed by atoms with Gasteiger partial charge in [0.2, 0.25) is 0 Å². The summed E-state index contributed by atoms with van der Waals surface area (Å²) in [5.41, 5.74) is 8.24. The van der Waals surface area contributed by atoms with Gasteiger partial charge in [-0.1, -0.05) is 42.5 Å². The van der Waals surface area contributed by atoms with Crippen molar-refractivity contribution in [2.24, 2.45) is 0 Å². The van der Waals surface area contributed by atoms with Crippen LogP contribution in [0.5, 0.6) is 5.75 Å². The number of aromatic nitrogens is 4. The number of anilines is 1. The lowest BCUT2D eigenvalue weighted by atomic mass is 10.1. The van der Waals surface area contributed by atoms with Crippen LogP contribution in [0, 0.1) is 0 Å². The fourth-order valence-electron chi connectivity index (χ4n) is 5.32. The number of hydrogen-bond donors (Lipinski definition) is 3. The molecule has 0 aliphatic heterocycles. The van der Waals surface area contributed by atoms with Gasteiger partial charge in [-0.15, -0.1) is 0 Å². The van der Waals surface area contributed by atoms with Crippen molar-refractivity contribution >= 4 is 42.5 Å². The predicted molar refractivity (Wildman–Crippen MR) is 215 cm³/mol. The number of nitrogen functional groups attached to an aromatic ring is 1. The zero-order chi connectivity index (χ0) is 42.6. The zero-order valence-electron chi connectivity index (χ0n) is 33.9. The Bertz CT molecular complexity index is 1950. The largest absolute Gasteiger partial charge is 0.462 e. The Morgan fingerprint density at radius 2 is 1.53 bits per heavy atom. The molecular weight excluding hydrogens is 789 g/mol. The number of alkyl carbamates (subject to hydrolysis) is 1. The number of amides is 1. The Balaban J connectivity index is 1.41. The number of carbonyl (C=O) groups is 3. The first-order valence-electron chi connectivity index (χ1n) is 19.0. The van der Waals surface area contributed by atoms with Gasteiger partial charge < -0.3 is 53.3 Å². The van der Waals surface area contributed by atoms with E-state index in [9.17, 15) is 18.9 Å². The Hall–Kier alpha value is -5.17. The van der Waals surface area contributed by atoms with Gasteiger partial charge in [0, 0.05) is 13.5 Å². The number of esters is 2. The summed E-state index contributed by atoms with van der Waals surface area (Å²) in [7, 11) is -2.37. The Morgan fingerprint density at radius 1 is 0.831 bits per heavy atom. The van der Waals surface area contributed by atoms with Crippen molar-refractivity contribution in [3.05, 3.63) is 78.4 Å². The summed E-state index contributed by atoms with van der Waals surface area (Å²) in [4.78, 5) is 51.2. The van der Waals surface area contributed by atoms with Gasteiger partial charge in [-0.05, 0) is 51.0 Å². The van der Waals surface area contributed by atoms with Crippen LogP contribution in [0.15, 0.2) is 67.3 Å². The first-order valence-corrected chi connectivity index (χ1v) is 20.8. The van der Waals surface area contributed by atoms with E-state index in [1.807, 2.05) is 18.2 Å². The van der Waals surface area contributed by atoms with Crippen molar-refractivity contribution in [2.75, 3.05) is 58.8 Å². The normalized spacial score (nSPS) is 13.9. The second-order valence-corrected chi connectivity index (χ2v) is 15.6. The molecule has 0 radical (unpaired) electrons. The van der Waals surface area contributed by atoms with E-state index in [0.717, 1.165) is 5.56 Å². The van der Waals surface area contributed by atoms with Gasteiger partial charge in [-0.25, -0.2) is 29.6 Å². The monoisotopic (exact) mass is 843 g/mol. The first-order chi connectivity index (χ1) is 28.4. The van der Waals surface area contributed by atoms with Gasteiger partial charge in [-0.3, -0.25) is 9.36 Å². The van der Waals surface area contributed by atoms with E-state index >= 15 is 0 Å². The standard InChI is InChI=1S/C39H54N7O12P/c1-27(2)57-37(47)29(4)45-59(50,26-56-28(3)22-46-25-43-34-35(40)41-24-42-36(34)46)58-32-13-11-30(12-14-32)21-33(44-39(49)55-23-31-9-7-6-8-10-31)38(48)54-20-19-53-18-17-52-16-15-51-5/h6-14,24-25,27-29,33H,15-23,26H2,1-5H3,(H,44,49)(H,45,50)(H2,40,41,42)/t28-,29+,33+,59?/m1/s1. The molecule has 4 aromatic rings. The van der Waals surface area contributed by atoms with Crippen molar-refractivity contribution in [2.45, 2.75) is 71.6 Å². The number of nitrogens with two attached hydrogens (primary N) is 1. The van der Waals surface area contributed by atoms with Gasteiger partial charge in [0.1, 0.15) is 49.2 Å². The molecule has 4 atom stereocenters. The van der Waals surface area contributed by atoms with Crippen molar-refractivity contribution in [1.82, 2.24) is 29.9 Å². The second kappa shape index (κ2) is 24.0. The zero-order valence-corrected chi connectivity index (χ0v) is 34.8. The van der Waals surface area contributed by atoms with Crippen LogP contribution in [0.4, 0.5) is 10.6 Å². The van der Waals surface area contributed by atoms with E-state index in [1.54, 1.807) is 75.2 Å². The van der Waals surface area contributed by atoms with E-state index in [0.29, 0.717) is 43.2 Å². The fourth-order valence-corrected chi connectivity index (χ4v) is 7.11. The lowest BCUT2D eigenvalue weighted by Gasteiger charge is -2.25. The molecule has 0 bridgehead atoms. The van der Waals surface area contributed by atoms with Crippen molar-refractivity contribution in [3.63, 3.8) is 0 Å². The molecule has 2 heterocycles. The number of nitrogens with zero attached hydrogens (tertiary/aromatic N) is 4. The molecule has 322 valence electrons. The highest BCUT2D eigenvalue weighted by Crippen LogP contribution is 2.44. The van der Waals surface area contributed by atoms with Crippen molar-refractivity contribution in [1.29, 1.82) is 0 Å². The molecular formula is C39H54N7O12P. The average molecular weight is 844 g/mol. The third kappa shape index (κ3) is 16.2. The maximum Gasteiger partial charge on any atom is 0.408 e. The summed E-state index contributed by atoms with van der Waals surface area (Å²) in [6.45, 7) is 8.58. The maximum absolute atomic E-state index is 14.3. The summed E-state index contributed by atoms with van der Waals surface area (Å²) >= 11 is 0. The lowest BCUT2D eigenvalue weighted by Crippen LogP contribution is -2.43. The molecule has 4 N–H and O–H groups in total. The number of fused-ring (bicyclic) bond motifs is 1. The van der Waals surface area contributed by atoms with E-state index in [1.165, 1.54) is 13.3 Å². The second-order valence-electron chi connectivity index (χ2n) is 13.5. The third-order valence-electron chi connectivity index (χ3n) is 8.19. The fraction of sp³-hybridized carbons (Fsp3) is 0.487. The van der Waals surface area contributed by atoms with Gasteiger partial charge in [-0.2, -0.15) is 0 Å². The van der Waals surface area contributed by atoms with Crippen LogP contribution in [-0.2, 0) is 66.9 Å². The molecule has 0 spiro atoms. The maximum atomic E-state index is 14.3. The number of carbonyl (C=O) groups excluding carboxylic acids is 3. The van der Waals surface area contributed by atoms with Crippen LogP contribution in [0.3, 0.4) is 0 Å². The lowest BCUT2D eigenvalue weighted by molar-refractivity contribution is -0.149.